The normalized spacial score (nSPS) is 16.5. The summed E-state index contributed by atoms with van der Waals surface area (Å²) in [7, 11) is 0. The van der Waals surface area contributed by atoms with Crippen LogP contribution in [0.1, 0.15) is 25.7 Å². The van der Waals surface area contributed by atoms with Crippen LogP contribution < -0.4 is 5.32 Å². The Morgan fingerprint density at radius 3 is 2.47 bits per heavy atom. The van der Waals surface area contributed by atoms with Crippen molar-refractivity contribution in [3.8, 4) is 0 Å². The van der Waals surface area contributed by atoms with E-state index >= 15 is 0 Å². The maximum absolute atomic E-state index is 12.0. The maximum Gasteiger partial charge on any atom is 0.405 e. The van der Waals surface area contributed by atoms with Crippen LogP contribution in [0.2, 0.25) is 0 Å². The molecule has 1 aliphatic rings. The number of rotatable bonds is 5. The maximum atomic E-state index is 12.0. The van der Waals surface area contributed by atoms with E-state index in [4.69, 9.17) is 5.11 Å². The van der Waals surface area contributed by atoms with E-state index in [2.05, 4.69) is 0 Å². The van der Waals surface area contributed by atoms with Crippen molar-refractivity contribution in [3.05, 3.63) is 0 Å². The van der Waals surface area contributed by atoms with Crippen LogP contribution in [0.25, 0.3) is 0 Å². The highest BCUT2D eigenvalue weighted by molar-refractivity contribution is 5.74. The van der Waals surface area contributed by atoms with Crippen molar-refractivity contribution in [2.24, 2.45) is 0 Å². The first kappa shape index (κ1) is 14.1. The summed E-state index contributed by atoms with van der Waals surface area (Å²) in [5, 5.41) is 10.6. The molecule has 0 aromatic carbocycles. The molecule has 100 valence electrons. The lowest BCUT2D eigenvalue weighted by molar-refractivity contribution is -0.123. The van der Waals surface area contributed by atoms with Gasteiger partial charge in [-0.3, -0.25) is 0 Å². The second-order valence-electron chi connectivity index (χ2n) is 4.13. The molecule has 0 aliphatic heterocycles. The Morgan fingerprint density at radius 2 is 2.06 bits per heavy atom. The van der Waals surface area contributed by atoms with E-state index in [1.165, 1.54) is 4.90 Å². The van der Waals surface area contributed by atoms with Crippen molar-refractivity contribution < 1.29 is 23.1 Å². The summed E-state index contributed by atoms with van der Waals surface area (Å²) >= 11 is 0. The number of alkyl halides is 3. The lowest BCUT2D eigenvalue weighted by Crippen LogP contribution is -2.51. The van der Waals surface area contributed by atoms with E-state index < -0.39 is 18.8 Å². The zero-order valence-corrected chi connectivity index (χ0v) is 9.46. The monoisotopic (exact) mass is 254 g/mol. The van der Waals surface area contributed by atoms with Gasteiger partial charge in [-0.2, -0.15) is 13.2 Å². The van der Waals surface area contributed by atoms with Gasteiger partial charge in [-0.1, -0.05) is 0 Å². The highest BCUT2D eigenvalue weighted by Crippen LogP contribution is 2.25. The predicted molar refractivity (Wildman–Crippen MR) is 55.5 cm³/mol. The van der Waals surface area contributed by atoms with Gasteiger partial charge in [0, 0.05) is 19.2 Å². The SMILES string of the molecule is O=C(NCC(F)(F)F)N(CCCO)C1CCC1. The number of hydrogen-bond acceptors (Lipinski definition) is 2. The number of carbonyl (C=O) groups excluding carboxylic acids is 1. The molecular weight excluding hydrogens is 237 g/mol. The summed E-state index contributed by atoms with van der Waals surface area (Å²) in [6, 6.07) is -0.671. The molecule has 0 aromatic heterocycles. The Morgan fingerprint density at radius 1 is 1.41 bits per heavy atom. The fraction of sp³-hybridized carbons (Fsp3) is 0.900. The average Bonchev–Trinajstić information content (AvgIpc) is 2.16. The molecule has 17 heavy (non-hydrogen) atoms. The second kappa shape index (κ2) is 6.09. The molecule has 2 amide bonds. The van der Waals surface area contributed by atoms with Gasteiger partial charge in [0.15, 0.2) is 0 Å². The van der Waals surface area contributed by atoms with Crippen molar-refractivity contribution in [2.45, 2.75) is 37.9 Å². The molecule has 0 spiro atoms. The Hall–Kier alpha value is -0.980. The van der Waals surface area contributed by atoms with Gasteiger partial charge in [-0.15, -0.1) is 0 Å². The summed E-state index contributed by atoms with van der Waals surface area (Å²) in [5.74, 6) is 0. The minimum absolute atomic E-state index is 0.0229. The zero-order chi connectivity index (χ0) is 12.9. The van der Waals surface area contributed by atoms with Crippen molar-refractivity contribution >= 4 is 6.03 Å². The van der Waals surface area contributed by atoms with Gasteiger partial charge >= 0.3 is 12.2 Å². The van der Waals surface area contributed by atoms with Gasteiger partial charge in [-0.25, -0.2) is 4.79 Å². The van der Waals surface area contributed by atoms with Gasteiger partial charge in [0.2, 0.25) is 0 Å². The number of nitrogens with one attached hydrogen (secondary N) is 1. The van der Waals surface area contributed by atoms with Crippen LogP contribution in [-0.4, -0.2) is 48.0 Å². The number of hydrogen-bond donors (Lipinski definition) is 2. The molecule has 0 unspecified atom stereocenters. The molecule has 1 saturated carbocycles. The lowest BCUT2D eigenvalue weighted by Gasteiger charge is -2.37. The largest absolute Gasteiger partial charge is 0.405 e. The molecule has 0 atom stereocenters. The highest BCUT2D eigenvalue weighted by atomic mass is 19.4. The molecule has 0 aromatic rings. The van der Waals surface area contributed by atoms with Crippen molar-refractivity contribution in [3.63, 3.8) is 0 Å². The zero-order valence-electron chi connectivity index (χ0n) is 9.46. The standard InChI is InChI=1S/C10H17F3N2O2/c11-10(12,13)7-14-9(17)15(5-2-6-16)8-3-1-4-8/h8,16H,1-7H2,(H,14,17). The molecule has 0 bridgehead atoms. The third kappa shape index (κ3) is 4.80. The number of aliphatic hydroxyl groups is 1. The van der Waals surface area contributed by atoms with Crippen LogP contribution in [-0.2, 0) is 0 Å². The second-order valence-corrected chi connectivity index (χ2v) is 4.13. The number of carbonyl (C=O) groups is 1. The lowest BCUT2D eigenvalue weighted by atomic mass is 9.91. The van der Waals surface area contributed by atoms with Crippen molar-refractivity contribution in [1.29, 1.82) is 0 Å². The van der Waals surface area contributed by atoms with E-state index in [0.717, 1.165) is 19.3 Å². The number of urea groups is 1. The van der Waals surface area contributed by atoms with Gasteiger partial charge in [0.25, 0.3) is 0 Å². The number of aliphatic hydroxyl groups excluding tert-OH is 1. The third-order valence-corrected chi connectivity index (χ3v) is 2.77. The molecule has 4 nitrogen and oxygen atoms in total. The first-order valence-corrected chi connectivity index (χ1v) is 5.66. The molecule has 0 radical (unpaired) electrons. The van der Waals surface area contributed by atoms with Crippen LogP contribution in [0.4, 0.5) is 18.0 Å². The van der Waals surface area contributed by atoms with Gasteiger partial charge in [-0.05, 0) is 25.7 Å². The Kier molecular flexibility index (Phi) is 5.04. The van der Waals surface area contributed by atoms with Crippen LogP contribution >= 0.6 is 0 Å². The number of amides is 2. The third-order valence-electron chi connectivity index (χ3n) is 2.77. The molecule has 1 fully saturated rings. The summed E-state index contributed by atoms with van der Waals surface area (Å²) in [5.41, 5.74) is 0. The molecule has 2 N–H and O–H groups in total. The van der Waals surface area contributed by atoms with Gasteiger partial charge in [0.05, 0.1) is 0 Å². The van der Waals surface area contributed by atoms with Crippen molar-refractivity contribution in [1.82, 2.24) is 10.2 Å². The van der Waals surface area contributed by atoms with E-state index in [-0.39, 0.29) is 12.6 Å². The summed E-state index contributed by atoms with van der Waals surface area (Å²) in [6.45, 7) is -1.09. The Balaban J connectivity index is 2.41. The average molecular weight is 254 g/mol. The Labute approximate surface area is 97.8 Å². The number of nitrogens with zero attached hydrogens (tertiary/aromatic N) is 1. The smallest absolute Gasteiger partial charge is 0.396 e. The first-order chi connectivity index (χ1) is 7.94. The molecule has 0 saturated heterocycles. The highest BCUT2D eigenvalue weighted by Gasteiger charge is 2.32. The van der Waals surface area contributed by atoms with E-state index in [0.29, 0.717) is 13.0 Å². The first-order valence-electron chi connectivity index (χ1n) is 5.66. The minimum atomic E-state index is -4.39. The van der Waals surface area contributed by atoms with Crippen LogP contribution in [0.3, 0.4) is 0 Å². The number of halogens is 3. The summed E-state index contributed by atoms with van der Waals surface area (Å²) in [4.78, 5) is 13.0. The molecule has 0 heterocycles. The predicted octanol–water partition coefficient (Wildman–Crippen LogP) is 1.50. The summed E-state index contributed by atoms with van der Waals surface area (Å²) in [6.07, 6.45) is -1.36. The van der Waals surface area contributed by atoms with Crippen LogP contribution in [0, 0.1) is 0 Å². The van der Waals surface area contributed by atoms with Crippen LogP contribution in [0.5, 0.6) is 0 Å². The minimum Gasteiger partial charge on any atom is -0.396 e. The van der Waals surface area contributed by atoms with E-state index in [9.17, 15) is 18.0 Å². The van der Waals surface area contributed by atoms with E-state index in [1.807, 2.05) is 5.32 Å². The fourth-order valence-corrected chi connectivity index (χ4v) is 1.67. The topological polar surface area (TPSA) is 52.6 Å². The van der Waals surface area contributed by atoms with Gasteiger partial charge < -0.3 is 15.3 Å². The quantitative estimate of drug-likeness (QED) is 0.781. The molecule has 7 heteroatoms. The summed E-state index contributed by atoms with van der Waals surface area (Å²) < 4.78 is 35.9. The van der Waals surface area contributed by atoms with Gasteiger partial charge in [0.1, 0.15) is 6.54 Å². The molecule has 1 rings (SSSR count). The van der Waals surface area contributed by atoms with Crippen LogP contribution in [0.15, 0.2) is 0 Å². The molecular formula is C10H17F3N2O2. The van der Waals surface area contributed by atoms with Crippen molar-refractivity contribution in [2.75, 3.05) is 19.7 Å². The Bertz CT molecular complexity index is 254. The molecule has 1 aliphatic carbocycles. The fourth-order valence-electron chi connectivity index (χ4n) is 1.67. The van der Waals surface area contributed by atoms with E-state index in [1.54, 1.807) is 0 Å².